The summed E-state index contributed by atoms with van der Waals surface area (Å²) in [5.74, 6) is 1.04. The fraction of sp³-hybridized carbons (Fsp3) is 0.385. The van der Waals surface area contributed by atoms with Gasteiger partial charge in [0.25, 0.3) is 0 Å². The van der Waals surface area contributed by atoms with E-state index < -0.39 is 12.0 Å². The molecule has 9 heteroatoms. The standard InChI is InChI=1S/C26H32N4O5/c1-4-35-22-11-6-5-10-21(22)30-14-12-29(13-15-30)17-20-23(25(31)34-3)24(28-26(32)27-20)18-8-7-9-19(16-18)33-2/h5-11,16,24H,4,12-15,17H2,1-3H3,(H2,27,28,32)/t24-/m0/s1. The fourth-order valence-electron chi connectivity index (χ4n) is 4.53. The van der Waals surface area contributed by atoms with E-state index in [1.54, 1.807) is 7.11 Å². The van der Waals surface area contributed by atoms with Crippen LogP contribution in [0.25, 0.3) is 0 Å². The molecule has 0 unspecified atom stereocenters. The highest BCUT2D eigenvalue weighted by Gasteiger charge is 2.34. The molecule has 1 atom stereocenters. The Balaban J connectivity index is 1.54. The van der Waals surface area contributed by atoms with E-state index in [4.69, 9.17) is 14.2 Å². The third-order valence-corrected chi connectivity index (χ3v) is 6.25. The normalized spacial score (nSPS) is 18.5. The number of benzene rings is 2. The minimum absolute atomic E-state index is 0.357. The summed E-state index contributed by atoms with van der Waals surface area (Å²) in [6.07, 6.45) is 0. The van der Waals surface area contributed by atoms with Crippen molar-refractivity contribution in [1.29, 1.82) is 0 Å². The van der Waals surface area contributed by atoms with E-state index in [-0.39, 0.29) is 6.03 Å². The monoisotopic (exact) mass is 480 g/mol. The predicted octanol–water partition coefficient (Wildman–Crippen LogP) is 2.70. The number of ether oxygens (including phenoxy) is 3. The van der Waals surface area contributed by atoms with Crippen LogP contribution in [-0.2, 0) is 9.53 Å². The van der Waals surface area contributed by atoms with Gasteiger partial charge in [-0.1, -0.05) is 24.3 Å². The van der Waals surface area contributed by atoms with E-state index in [2.05, 4.69) is 26.5 Å². The highest BCUT2D eigenvalue weighted by molar-refractivity contribution is 5.95. The Bertz CT molecular complexity index is 1090. The molecular weight excluding hydrogens is 448 g/mol. The number of piperazine rings is 1. The van der Waals surface area contributed by atoms with Crippen molar-refractivity contribution >= 4 is 17.7 Å². The Morgan fingerprint density at radius 1 is 1.06 bits per heavy atom. The molecule has 2 aliphatic rings. The molecule has 9 nitrogen and oxygen atoms in total. The number of para-hydroxylation sites is 2. The highest BCUT2D eigenvalue weighted by Crippen LogP contribution is 2.31. The predicted molar refractivity (Wildman–Crippen MR) is 133 cm³/mol. The topological polar surface area (TPSA) is 92.4 Å². The molecule has 0 aliphatic carbocycles. The number of hydrogen-bond donors (Lipinski definition) is 2. The lowest BCUT2D eigenvalue weighted by Gasteiger charge is -2.38. The maximum atomic E-state index is 12.9. The van der Waals surface area contributed by atoms with E-state index in [0.29, 0.717) is 30.2 Å². The van der Waals surface area contributed by atoms with Crippen LogP contribution in [0, 0.1) is 0 Å². The maximum Gasteiger partial charge on any atom is 0.338 e. The van der Waals surface area contributed by atoms with Gasteiger partial charge in [-0.05, 0) is 36.8 Å². The van der Waals surface area contributed by atoms with Crippen molar-refractivity contribution in [2.75, 3.05) is 58.5 Å². The van der Waals surface area contributed by atoms with Crippen LogP contribution in [-0.4, -0.2) is 70.5 Å². The van der Waals surface area contributed by atoms with Crippen LogP contribution in [0.2, 0.25) is 0 Å². The van der Waals surface area contributed by atoms with Gasteiger partial charge in [-0.2, -0.15) is 0 Å². The smallest absolute Gasteiger partial charge is 0.338 e. The number of nitrogens with one attached hydrogen (secondary N) is 2. The summed E-state index contributed by atoms with van der Waals surface area (Å²) in [5, 5.41) is 5.71. The van der Waals surface area contributed by atoms with E-state index in [1.807, 2.05) is 49.4 Å². The van der Waals surface area contributed by atoms with Gasteiger partial charge in [0, 0.05) is 38.4 Å². The minimum atomic E-state index is -0.638. The van der Waals surface area contributed by atoms with Crippen molar-refractivity contribution in [3.05, 3.63) is 65.4 Å². The Kier molecular flexibility index (Phi) is 7.77. The van der Waals surface area contributed by atoms with Crippen molar-refractivity contribution in [3.63, 3.8) is 0 Å². The molecule has 186 valence electrons. The molecule has 2 N–H and O–H groups in total. The zero-order valence-corrected chi connectivity index (χ0v) is 20.4. The third-order valence-electron chi connectivity index (χ3n) is 6.25. The number of amides is 2. The van der Waals surface area contributed by atoms with E-state index >= 15 is 0 Å². The average molecular weight is 481 g/mol. The van der Waals surface area contributed by atoms with Gasteiger partial charge >= 0.3 is 12.0 Å². The van der Waals surface area contributed by atoms with Gasteiger partial charge in [-0.15, -0.1) is 0 Å². The Morgan fingerprint density at radius 2 is 1.83 bits per heavy atom. The van der Waals surface area contributed by atoms with Gasteiger partial charge in [-0.3, -0.25) is 4.90 Å². The van der Waals surface area contributed by atoms with E-state index in [9.17, 15) is 9.59 Å². The van der Waals surface area contributed by atoms with Crippen molar-refractivity contribution < 1.29 is 23.8 Å². The van der Waals surface area contributed by atoms with E-state index in [0.717, 1.165) is 43.2 Å². The molecule has 35 heavy (non-hydrogen) atoms. The van der Waals surface area contributed by atoms with Gasteiger partial charge < -0.3 is 29.7 Å². The van der Waals surface area contributed by atoms with Crippen molar-refractivity contribution in [3.8, 4) is 11.5 Å². The number of nitrogens with zero attached hydrogens (tertiary/aromatic N) is 2. The Hall–Kier alpha value is -3.72. The van der Waals surface area contributed by atoms with Gasteiger partial charge in [0.15, 0.2) is 0 Å². The van der Waals surface area contributed by atoms with Gasteiger partial charge in [-0.25, -0.2) is 9.59 Å². The minimum Gasteiger partial charge on any atom is -0.497 e. The summed E-state index contributed by atoms with van der Waals surface area (Å²) < 4.78 is 16.2. The molecule has 2 aliphatic heterocycles. The molecule has 0 aromatic heterocycles. The van der Waals surface area contributed by atoms with Crippen LogP contribution in [0.15, 0.2) is 59.8 Å². The van der Waals surface area contributed by atoms with Crippen LogP contribution in [0.3, 0.4) is 0 Å². The summed E-state index contributed by atoms with van der Waals surface area (Å²) in [6.45, 7) is 6.17. The Labute approximate surface area is 205 Å². The molecule has 2 aromatic rings. The van der Waals surface area contributed by atoms with Crippen LogP contribution < -0.4 is 25.0 Å². The summed E-state index contributed by atoms with van der Waals surface area (Å²) >= 11 is 0. The number of esters is 1. The number of methoxy groups -OCH3 is 2. The van der Waals surface area contributed by atoms with Crippen molar-refractivity contribution in [2.24, 2.45) is 0 Å². The Morgan fingerprint density at radius 3 is 2.54 bits per heavy atom. The molecule has 1 fully saturated rings. The molecule has 0 radical (unpaired) electrons. The second-order valence-electron chi connectivity index (χ2n) is 8.36. The highest BCUT2D eigenvalue weighted by atomic mass is 16.5. The zero-order valence-electron chi connectivity index (χ0n) is 20.4. The summed E-state index contributed by atoms with van der Waals surface area (Å²) in [7, 11) is 2.93. The van der Waals surface area contributed by atoms with Gasteiger partial charge in [0.05, 0.1) is 38.1 Å². The molecular formula is C26H32N4O5. The lowest BCUT2D eigenvalue weighted by molar-refractivity contribution is -0.136. The summed E-state index contributed by atoms with van der Waals surface area (Å²) in [6, 6.07) is 14.4. The molecule has 2 aromatic carbocycles. The molecule has 2 amide bonds. The first kappa shape index (κ1) is 24.4. The number of anilines is 1. The number of rotatable bonds is 8. The molecule has 1 saturated heterocycles. The summed E-state index contributed by atoms with van der Waals surface area (Å²) in [5.41, 5.74) is 2.77. The quantitative estimate of drug-likeness (QED) is 0.562. The van der Waals surface area contributed by atoms with Gasteiger partial charge in [0.1, 0.15) is 11.5 Å². The molecule has 0 spiro atoms. The molecule has 0 bridgehead atoms. The van der Waals surface area contributed by atoms with E-state index in [1.165, 1.54) is 7.11 Å². The van der Waals surface area contributed by atoms with Crippen LogP contribution in [0.1, 0.15) is 18.5 Å². The number of hydrogen-bond acceptors (Lipinski definition) is 7. The number of carbonyl (C=O) groups is 2. The first-order valence-electron chi connectivity index (χ1n) is 11.8. The average Bonchev–Trinajstić information content (AvgIpc) is 2.89. The van der Waals surface area contributed by atoms with Crippen LogP contribution in [0.4, 0.5) is 10.5 Å². The van der Waals surface area contributed by atoms with Gasteiger partial charge in [0.2, 0.25) is 0 Å². The number of urea groups is 1. The first-order chi connectivity index (χ1) is 17.0. The first-order valence-corrected chi connectivity index (χ1v) is 11.8. The van der Waals surface area contributed by atoms with Crippen LogP contribution in [0.5, 0.6) is 11.5 Å². The lowest BCUT2D eigenvalue weighted by atomic mass is 9.94. The summed E-state index contributed by atoms with van der Waals surface area (Å²) in [4.78, 5) is 30.0. The van der Waals surface area contributed by atoms with Crippen LogP contribution >= 0.6 is 0 Å². The zero-order chi connectivity index (χ0) is 24.8. The largest absolute Gasteiger partial charge is 0.497 e. The third kappa shape index (κ3) is 5.51. The number of carbonyl (C=O) groups excluding carboxylic acids is 2. The second-order valence-corrected chi connectivity index (χ2v) is 8.36. The fourth-order valence-corrected chi connectivity index (χ4v) is 4.53. The molecule has 0 saturated carbocycles. The lowest BCUT2D eigenvalue weighted by Crippen LogP contribution is -2.51. The molecule has 4 rings (SSSR count). The maximum absolute atomic E-state index is 12.9. The second kappa shape index (κ2) is 11.1. The molecule has 2 heterocycles. The SMILES string of the molecule is CCOc1ccccc1N1CCN(CC2=C(C(=O)OC)[C@H](c3cccc(OC)c3)NC(=O)N2)CC1. The van der Waals surface area contributed by atoms with Crippen molar-refractivity contribution in [1.82, 2.24) is 15.5 Å². The van der Waals surface area contributed by atoms with Crippen molar-refractivity contribution in [2.45, 2.75) is 13.0 Å².